The molecule has 0 unspecified atom stereocenters. The first kappa shape index (κ1) is 26.4. The fourth-order valence-corrected chi connectivity index (χ4v) is 3.92. The monoisotopic (exact) mass is 502 g/mol. The molecule has 1 heterocycles. The average Bonchev–Trinajstić information content (AvgIpc) is 2.91. The van der Waals surface area contributed by atoms with Gasteiger partial charge in [-0.15, -0.1) is 12.4 Å². The molecule has 0 aliphatic carbocycles. The van der Waals surface area contributed by atoms with E-state index < -0.39 is 5.97 Å². The van der Waals surface area contributed by atoms with E-state index in [1.807, 2.05) is 71.6 Å². The van der Waals surface area contributed by atoms with E-state index in [0.717, 1.165) is 36.0 Å². The van der Waals surface area contributed by atoms with E-state index in [0.29, 0.717) is 24.2 Å². The Morgan fingerprint density at radius 2 is 1.22 bits per heavy atom. The SMILES string of the molecule is Cl.O=C(O)/C=C/c1ccc(/C=C/C(=O)c2ccc(N3CCN(C(=O)c4ccccc4)CC3)cc2)cc1. The lowest BCUT2D eigenvalue weighted by molar-refractivity contribution is -0.131. The van der Waals surface area contributed by atoms with Gasteiger partial charge >= 0.3 is 5.97 Å². The summed E-state index contributed by atoms with van der Waals surface area (Å²) >= 11 is 0. The predicted octanol–water partition coefficient (Wildman–Crippen LogP) is 5.06. The van der Waals surface area contributed by atoms with E-state index >= 15 is 0 Å². The van der Waals surface area contributed by atoms with Gasteiger partial charge in [0, 0.05) is 49.1 Å². The largest absolute Gasteiger partial charge is 0.478 e. The van der Waals surface area contributed by atoms with Crippen LogP contribution in [0.15, 0.2) is 91.0 Å². The highest BCUT2D eigenvalue weighted by molar-refractivity contribution is 6.07. The molecule has 1 fully saturated rings. The minimum atomic E-state index is -0.994. The Balaban J connectivity index is 0.00000361. The third-order valence-corrected chi connectivity index (χ3v) is 5.89. The summed E-state index contributed by atoms with van der Waals surface area (Å²) in [5.41, 5.74) is 3.97. The average molecular weight is 503 g/mol. The van der Waals surface area contributed by atoms with Crippen LogP contribution in [-0.4, -0.2) is 53.8 Å². The number of benzene rings is 3. The molecule has 3 aromatic rings. The second kappa shape index (κ2) is 12.5. The zero-order valence-corrected chi connectivity index (χ0v) is 20.4. The number of halogens is 1. The van der Waals surface area contributed by atoms with Gasteiger partial charge in [-0.2, -0.15) is 0 Å². The van der Waals surface area contributed by atoms with E-state index in [1.165, 1.54) is 12.2 Å². The van der Waals surface area contributed by atoms with Crippen molar-refractivity contribution in [1.82, 2.24) is 4.90 Å². The molecular formula is C29H27ClN2O4. The first-order valence-corrected chi connectivity index (χ1v) is 11.4. The molecule has 1 amide bonds. The van der Waals surface area contributed by atoms with Crippen LogP contribution in [0.2, 0.25) is 0 Å². The Morgan fingerprint density at radius 1 is 0.667 bits per heavy atom. The fraction of sp³-hybridized carbons (Fsp3) is 0.138. The zero-order valence-electron chi connectivity index (χ0n) is 19.6. The molecule has 4 rings (SSSR count). The van der Waals surface area contributed by atoms with Crippen molar-refractivity contribution in [3.63, 3.8) is 0 Å². The second-order valence-electron chi connectivity index (χ2n) is 8.23. The molecule has 0 spiro atoms. The van der Waals surface area contributed by atoms with Gasteiger partial charge < -0.3 is 14.9 Å². The number of carbonyl (C=O) groups excluding carboxylic acids is 2. The first-order chi connectivity index (χ1) is 17.0. The zero-order chi connectivity index (χ0) is 24.6. The Morgan fingerprint density at radius 3 is 1.78 bits per heavy atom. The molecule has 1 saturated heterocycles. The van der Waals surface area contributed by atoms with Gasteiger partial charge in [0.25, 0.3) is 5.91 Å². The minimum Gasteiger partial charge on any atom is -0.478 e. The molecule has 1 aliphatic rings. The van der Waals surface area contributed by atoms with Crippen LogP contribution in [0.25, 0.3) is 12.2 Å². The molecular weight excluding hydrogens is 476 g/mol. The van der Waals surface area contributed by atoms with Crippen LogP contribution in [0.3, 0.4) is 0 Å². The maximum atomic E-state index is 12.6. The van der Waals surface area contributed by atoms with E-state index in [-0.39, 0.29) is 24.1 Å². The molecule has 7 heteroatoms. The summed E-state index contributed by atoms with van der Waals surface area (Å²) in [6.07, 6.45) is 5.88. The first-order valence-electron chi connectivity index (χ1n) is 11.4. The van der Waals surface area contributed by atoms with Crippen molar-refractivity contribution < 1.29 is 19.5 Å². The molecule has 1 N–H and O–H groups in total. The van der Waals surface area contributed by atoms with Crippen molar-refractivity contribution in [2.24, 2.45) is 0 Å². The summed E-state index contributed by atoms with van der Waals surface area (Å²) in [5.74, 6) is -1.03. The second-order valence-corrected chi connectivity index (χ2v) is 8.23. The van der Waals surface area contributed by atoms with Gasteiger partial charge in [0.05, 0.1) is 0 Å². The number of amides is 1. The van der Waals surface area contributed by atoms with Crippen LogP contribution in [0, 0.1) is 0 Å². The summed E-state index contributed by atoms with van der Waals surface area (Å²) < 4.78 is 0. The molecule has 0 atom stereocenters. The number of piperazine rings is 1. The van der Waals surface area contributed by atoms with Crippen LogP contribution in [0.4, 0.5) is 5.69 Å². The summed E-state index contributed by atoms with van der Waals surface area (Å²) in [4.78, 5) is 39.9. The summed E-state index contributed by atoms with van der Waals surface area (Å²) in [5, 5.41) is 8.69. The highest BCUT2D eigenvalue weighted by atomic mass is 35.5. The van der Waals surface area contributed by atoms with Crippen molar-refractivity contribution in [3.05, 3.63) is 113 Å². The maximum absolute atomic E-state index is 12.6. The standard InChI is InChI=1S/C29H26N2O4.ClH/c32-27(16-10-22-6-8-23(9-7-22)11-17-28(33)34)24-12-14-26(15-13-24)30-18-20-31(21-19-30)29(35)25-4-2-1-3-5-25;/h1-17H,18-21H2,(H,33,34);1H/b16-10+,17-11+;. The minimum absolute atomic E-state index is 0. The third-order valence-electron chi connectivity index (χ3n) is 5.89. The number of aliphatic carboxylic acids is 1. The Hall–Kier alpha value is -4.16. The number of hydrogen-bond acceptors (Lipinski definition) is 4. The Kier molecular flexibility index (Phi) is 9.19. The van der Waals surface area contributed by atoms with Gasteiger partial charge in [0.15, 0.2) is 5.78 Å². The van der Waals surface area contributed by atoms with Crippen LogP contribution in [0.5, 0.6) is 0 Å². The lowest BCUT2D eigenvalue weighted by Crippen LogP contribution is -2.48. The highest BCUT2D eigenvalue weighted by Gasteiger charge is 2.22. The highest BCUT2D eigenvalue weighted by Crippen LogP contribution is 2.19. The molecule has 1 aliphatic heterocycles. The van der Waals surface area contributed by atoms with Crippen LogP contribution in [0.1, 0.15) is 31.8 Å². The van der Waals surface area contributed by atoms with E-state index in [9.17, 15) is 14.4 Å². The van der Waals surface area contributed by atoms with Gasteiger partial charge in [0.2, 0.25) is 0 Å². The van der Waals surface area contributed by atoms with Crippen LogP contribution < -0.4 is 4.90 Å². The Bertz CT molecular complexity index is 1240. The molecule has 0 aromatic heterocycles. The molecule has 0 saturated carbocycles. The van der Waals surface area contributed by atoms with Gasteiger partial charge in [-0.05, 0) is 59.7 Å². The van der Waals surface area contributed by atoms with Gasteiger partial charge in [-0.25, -0.2) is 4.79 Å². The van der Waals surface area contributed by atoms with Crippen molar-refractivity contribution in [3.8, 4) is 0 Å². The van der Waals surface area contributed by atoms with Crippen molar-refractivity contribution in [2.45, 2.75) is 0 Å². The van der Waals surface area contributed by atoms with Gasteiger partial charge in [-0.3, -0.25) is 9.59 Å². The molecule has 0 bridgehead atoms. The van der Waals surface area contributed by atoms with E-state index in [4.69, 9.17) is 5.11 Å². The van der Waals surface area contributed by atoms with Gasteiger partial charge in [0.1, 0.15) is 0 Å². The predicted molar refractivity (Wildman–Crippen MR) is 145 cm³/mol. The summed E-state index contributed by atoms with van der Waals surface area (Å²) in [6.45, 7) is 2.79. The molecule has 184 valence electrons. The lowest BCUT2D eigenvalue weighted by atomic mass is 10.1. The normalized spacial score (nSPS) is 13.6. The number of ketones is 1. The smallest absolute Gasteiger partial charge is 0.328 e. The number of carbonyl (C=O) groups is 3. The number of allylic oxidation sites excluding steroid dienone is 1. The molecule has 6 nitrogen and oxygen atoms in total. The fourth-order valence-electron chi connectivity index (χ4n) is 3.92. The van der Waals surface area contributed by atoms with Crippen molar-refractivity contribution in [2.75, 3.05) is 31.1 Å². The molecule has 36 heavy (non-hydrogen) atoms. The van der Waals surface area contributed by atoms with Crippen molar-refractivity contribution in [1.29, 1.82) is 0 Å². The number of anilines is 1. The number of rotatable bonds is 7. The third kappa shape index (κ3) is 6.93. The van der Waals surface area contributed by atoms with Crippen LogP contribution >= 0.6 is 12.4 Å². The summed E-state index contributed by atoms with van der Waals surface area (Å²) in [7, 11) is 0. The van der Waals surface area contributed by atoms with Crippen molar-refractivity contribution >= 4 is 47.9 Å². The maximum Gasteiger partial charge on any atom is 0.328 e. The molecule has 3 aromatic carbocycles. The molecule has 0 radical (unpaired) electrons. The van der Waals surface area contributed by atoms with E-state index in [2.05, 4.69) is 4.90 Å². The quantitative estimate of drug-likeness (QED) is 0.361. The summed E-state index contributed by atoms with van der Waals surface area (Å²) in [6, 6.07) is 24.1. The topological polar surface area (TPSA) is 77.9 Å². The number of nitrogens with zero attached hydrogens (tertiary/aromatic N) is 2. The van der Waals surface area contributed by atoms with Gasteiger partial charge in [-0.1, -0.05) is 48.5 Å². The Labute approximate surface area is 216 Å². The van der Waals surface area contributed by atoms with Crippen LogP contribution in [-0.2, 0) is 4.79 Å². The number of carboxylic acids is 1. The van der Waals surface area contributed by atoms with E-state index in [1.54, 1.807) is 18.2 Å². The number of carboxylic acid groups (broad SMARTS) is 1. The lowest BCUT2D eigenvalue weighted by Gasteiger charge is -2.36. The number of hydrogen-bond donors (Lipinski definition) is 1.